The van der Waals surface area contributed by atoms with Crippen molar-refractivity contribution in [2.24, 2.45) is 0 Å². The van der Waals surface area contributed by atoms with Crippen LogP contribution in [0.5, 0.6) is 0 Å². The van der Waals surface area contributed by atoms with Crippen molar-refractivity contribution in [2.45, 2.75) is 17.6 Å². The molecule has 0 spiro atoms. The molecular formula is C21H17ClN4O3S. The fourth-order valence-corrected chi connectivity index (χ4v) is 3.92. The van der Waals surface area contributed by atoms with Crippen molar-refractivity contribution < 1.29 is 9.32 Å². The van der Waals surface area contributed by atoms with Gasteiger partial charge in [0.1, 0.15) is 5.76 Å². The minimum absolute atomic E-state index is 0.269. The van der Waals surface area contributed by atoms with Gasteiger partial charge in [-0.15, -0.1) is 16.3 Å². The number of rotatable bonds is 5. The summed E-state index contributed by atoms with van der Waals surface area (Å²) in [5.74, 6) is 1.07. The SMILES string of the molecule is Cc1cc2nc(CSc3ccccc3NC(=O)Nc3ccccc3Cl)cc(=O)n2o1. The van der Waals surface area contributed by atoms with Gasteiger partial charge in [0.15, 0.2) is 5.65 Å². The number of nitrogens with zero attached hydrogens (tertiary/aromatic N) is 2. The molecule has 9 heteroatoms. The number of hydrogen-bond donors (Lipinski definition) is 2. The maximum atomic E-state index is 12.4. The minimum atomic E-state index is -0.400. The lowest BCUT2D eigenvalue weighted by Gasteiger charge is -2.12. The van der Waals surface area contributed by atoms with Crippen molar-refractivity contribution in [3.63, 3.8) is 0 Å². The van der Waals surface area contributed by atoms with Gasteiger partial charge in [0.05, 0.1) is 22.1 Å². The fraction of sp³-hybridized carbons (Fsp3) is 0.0952. The molecule has 0 saturated carbocycles. The normalized spacial score (nSPS) is 10.9. The second kappa shape index (κ2) is 8.64. The molecule has 2 aromatic heterocycles. The second-order valence-electron chi connectivity index (χ2n) is 6.43. The van der Waals surface area contributed by atoms with E-state index >= 15 is 0 Å². The maximum absolute atomic E-state index is 12.4. The first kappa shape index (κ1) is 20.1. The molecule has 0 radical (unpaired) electrons. The minimum Gasteiger partial charge on any atom is -0.375 e. The summed E-state index contributed by atoms with van der Waals surface area (Å²) >= 11 is 7.55. The van der Waals surface area contributed by atoms with E-state index < -0.39 is 6.03 Å². The van der Waals surface area contributed by atoms with Crippen molar-refractivity contribution >= 4 is 46.4 Å². The van der Waals surface area contributed by atoms with Crippen molar-refractivity contribution in [3.05, 3.63) is 87.5 Å². The van der Waals surface area contributed by atoms with Crippen LogP contribution in [0.15, 0.2) is 74.9 Å². The highest BCUT2D eigenvalue weighted by Crippen LogP contribution is 2.30. The molecule has 152 valence electrons. The smallest absolute Gasteiger partial charge is 0.323 e. The van der Waals surface area contributed by atoms with Crippen LogP contribution in [-0.2, 0) is 5.75 Å². The van der Waals surface area contributed by atoms with E-state index in [9.17, 15) is 9.59 Å². The highest BCUT2D eigenvalue weighted by Gasteiger charge is 2.11. The first-order valence-corrected chi connectivity index (χ1v) is 10.4. The summed E-state index contributed by atoms with van der Waals surface area (Å²) in [6.45, 7) is 1.76. The van der Waals surface area contributed by atoms with E-state index in [0.717, 1.165) is 9.47 Å². The average Bonchev–Trinajstić information content (AvgIpc) is 3.10. The van der Waals surface area contributed by atoms with E-state index in [1.54, 1.807) is 43.3 Å². The first-order chi connectivity index (χ1) is 14.5. The summed E-state index contributed by atoms with van der Waals surface area (Å²) in [6, 6.07) is 17.2. The summed E-state index contributed by atoms with van der Waals surface area (Å²) < 4.78 is 6.47. The van der Waals surface area contributed by atoms with Crippen LogP contribution in [0.4, 0.5) is 16.2 Å². The number of benzene rings is 2. The Morgan fingerprint density at radius 3 is 2.60 bits per heavy atom. The van der Waals surface area contributed by atoms with Crippen molar-refractivity contribution in [3.8, 4) is 0 Å². The summed E-state index contributed by atoms with van der Waals surface area (Å²) in [5.41, 5.74) is 2.00. The Morgan fingerprint density at radius 1 is 1.10 bits per heavy atom. The highest BCUT2D eigenvalue weighted by atomic mass is 35.5. The molecule has 4 aromatic rings. The van der Waals surface area contributed by atoms with Gasteiger partial charge in [0.2, 0.25) is 0 Å². The molecule has 0 saturated heterocycles. The van der Waals surface area contributed by atoms with Gasteiger partial charge in [0, 0.05) is 22.8 Å². The van der Waals surface area contributed by atoms with Gasteiger partial charge in [-0.2, -0.15) is 0 Å². The zero-order valence-corrected chi connectivity index (χ0v) is 17.5. The number of para-hydroxylation sites is 2. The van der Waals surface area contributed by atoms with E-state index in [4.69, 9.17) is 16.1 Å². The van der Waals surface area contributed by atoms with Crippen LogP contribution in [0.2, 0.25) is 5.02 Å². The van der Waals surface area contributed by atoms with E-state index in [-0.39, 0.29) is 5.56 Å². The molecule has 0 aliphatic rings. The number of halogens is 1. The van der Waals surface area contributed by atoms with Crippen LogP contribution < -0.4 is 16.2 Å². The number of aromatic nitrogens is 2. The van der Waals surface area contributed by atoms with Gasteiger partial charge in [-0.05, 0) is 31.2 Å². The number of aryl methyl sites for hydroxylation is 1. The summed E-state index contributed by atoms with van der Waals surface area (Å²) in [5, 5.41) is 6.02. The molecular weight excluding hydrogens is 424 g/mol. The monoisotopic (exact) mass is 440 g/mol. The first-order valence-electron chi connectivity index (χ1n) is 9.03. The Morgan fingerprint density at radius 2 is 1.80 bits per heavy atom. The topological polar surface area (TPSA) is 88.6 Å². The zero-order chi connectivity index (χ0) is 21.1. The second-order valence-corrected chi connectivity index (χ2v) is 7.85. The van der Waals surface area contributed by atoms with Crippen molar-refractivity contribution in [2.75, 3.05) is 10.6 Å². The van der Waals surface area contributed by atoms with Gasteiger partial charge in [-0.3, -0.25) is 4.79 Å². The number of amides is 2. The molecule has 0 bridgehead atoms. The molecule has 4 rings (SSSR count). The van der Waals surface area contributed by atoms with E-state index in [1.807, 2.05) is 18.2 Å². The molecule has 2 N–H and O–H groups in total. The Labute approximate surface area is 181 Å². The molecule has 2 aromatic carbocycles. The zero-order valence-electron chi connectivity index (χ0n) is 15.9. The predicted molar refractivity (Wildman–Crippen MR) is 119 cm³/mol. The largest absolute Gasteiger partial charge is 0.375 e. The number of urea groups is 1. The number of fused-ring (bicyclic) bond motifs is 1. The van der Waals surface area contributed by atoms with Crippen LogP contribution in [0.25, 0.3) is 5.65 Å². The quantitative estimate of drug-likeness (QED) is 0.417. The molecule has 7 nitrogen and oxygen atoms in total. The van der Waals surface area contributed by atoms with Crippen LogP contribution in [-0.4, -0.2) is 15.6 Å². The highest BCUT2D eigenvalue weighted by molar-refractivity contribution is 7.98. The fourth-order valence-electron chi connectivity index (χ4n) is 2.83. The Bertz CT molecular complexity index is 1280. The molecule has 0 fully saturated rings. The third kappa shape index (κ3) is 4.50. The molecule has 30 heavy (non-hydrogen) atoms. The maximum Gasteiger partial charge on any atom is 0.323 e. The number of carbonyl (C=O) groups is 1. The summed E-state index contributed by atoms with van der Waals surface area (Å²) in [7, 11) is 0. The van der Waals surface area contributed by atoms with Gasteiger partial charge in [-0.25, -0.2) is 9.78 Å². The Hall–Kier alpha value is -3.23. The van der Waals surface area contributed by atoms with E-state index in [2.05, 4.69) is 15.6 Å². The van der Waals surface area contributed by atoms with E-state index in [1.165, 1.54) is 17.8 Å². The molecule has 2 heterocycles. The number of nitrogens with one attached hydrogen (secondary N) is 2. The van der Waals surface area contributed by atoms with Gasteiger partial charge in [-0.1, -0.05) is 35.9 Å². The number of anilines is 2. The molecule has 0 atom stereocenters. The summed E-state index contributed by atoms with van der Waals surface area (Å²) in [4.78, 5) is 29.9. The molecule has 2 amide bonds. The lowest BCUT2D eigenvalue weighted by molar-refractivity contribution is 0.262. The molecule has 0 aliphatic heterocycles. The third-order valence-electron chi connectivity index (χ3n) is 4.16. The lowest BCUT2D eigenvalue weighted by Crippen LogP contribution is -2.20. The standard InChI is InChI=1S/C21H17ClN4O3S/c1-13-10-19-23-14(11-20(27)26(19)29-13)12-30-18-9-5-4-8-17(18)25-21(28)24-16-7-3-2-6-15(16)22/h2-11H,12H2,1H3,(H2,24,25,28). The Balaban J connectivity index is 1.48. The van der Waals surface area contributed by atoms with Crippen LogP contribution in [0.3, 0.4) is 0 Å². The third-order valence-corrected chi connectivity index (χ3v) is 5.59. The molecule has 0 aliphatic carbocycles. The Kier molecular flexibility index (Phi) is 5.78. The average molecular weight is 441 g/mol. The van der Waals surface area contributed by atoms with Gasteiger partial charge >= 0.3 is 6.03 Å². The van der Waals surface area contributed by atoms with Crippen molar-refractivity contribution in [1.82, 2.24) is 9.56 Å². The van der Waals surface area contributed by atoms with Gasteiger partial charge < -0.3 is 15.2 Å². The predicted octanol–water partition coefficient (Wildman–Crippen LogP) is 5.19. The van der Waals surface area contributed by atoms with Gasteiger partial charge in [0.25, 0.3) is 5.56 Å². The number of carbonyl (C=O) groups excluding carboxylic acids is 1. The van der Waals surface area contributed by atoms with Crippen LogP contribution >= 0.6 is 23.4 Å². The molecule has 0 unspecified atom stereocenters. The van der Waals surface area contributed by atoms with Crippen LogP contribution in [0, 0.1) is 6.92 Å². The number of hydrogen-bond acceptors (Lipinski definition) is 5. The summed E-state index contributed by atoms with van der Waals surface area (Å²) in [6.07, 6.45) is 0. The number of thioether (sulfide) groups is 1. The van der Waals surface area contributed by atoms with Crippen LogP contribution in [0.1, 0.15) is 11.5 Å². The lowest BCUT2D eigenvalue weighted by atomic mass is 10.3. The van der Waals surface area contributed by atoms with Crippen molar-refractivity contribution in [1.29, 1.82) is 0 Å². The van der Waals surface area contributed by atoms with E-state index in [0.29, 0.717) is 39.3 Å².